The molecule has 3 rings (SSSR count). The van der Waals surface area contributed by atoms with Crippen LogP contribution in [-0.4, -0.2) is 30.8 Å². The molecule has 0 bridgehead atoms. The number of aliphatic carboxylic acids is 1. The molecule has 2 aromatic heterocycles. The third-order valence-electron chi connectivity index (χ3n) is 4.98. The van der Waals surface area contributed by atoms with Gasteiger partial charge in [0, 0.05) is 25.1 Å². The van der Waals surface area contributed by atoms with Crippen LogP contribution in [0.1, 0.15) is 57.2 Å². The second kappa shape index (κ2) is 7.63. The molecule has 1 fully saturated rings. The molecule has 7 heteroatoms. The molecule has 0 radical (unpaired) electrons. The number of nitrogens with zero attached hydrogens (tertiary/aromatic N) is 3. The van der Waals surface area contributed by atoms with Gasteiger partial charge in [-0.2, -0.15) is 0 Å². The molecule has 1 aliphatic carbocycles. The van der Waals surface area contributed by atoms with Crippen molar-refractivity contribution in [3.8, 4) is 0 Å². The summed E-state index contributed by atoms with van der Waals surface area (Å²) in [4.78, 5) is 22.8. The normalized spacial score (nSPS) is 17.0. The summed E-state index contributed by atoms with van der Waals surface area (Å²) in [5.41, 5.74) is -0.0735. The maximum Gasteiger partial charge on any atom is 0.303 e. The molecule has 0 aromatic carbocycles. The number of hydrogen-bond acceptors (Lipinski definition) is 5. The van der Waals surface area contributed by atoms with Crippen molar-refractivity contribution in [2.45, 2.75) is 57.8 Å². The Labute approximate surface area is 145 Å². The standard InChI is InChI=1S/C18H23N3O4/c22-13(7-9-16(24)25)17-14(23)10-11-21-15(19-20-18(17)21)8-6-12-4-2-1-3-5-12/h10-12,22H,1-9H2,(H,24,25)/b17-13-. The minimum absolute atomic E-state index is 0.0557. The van der Waals surface area contributed by atoms with Gasteiger partial charge in [0.1, 0.15) is 16.8 Å². The monoisotopic (exact) mass is 345 g/mol. The van der Waals surface area contributed by atoms with E-state index in [2.05, 4.69) is 10.2 Å². The first-order valence-electron chi connectivity index (χ1n) is 8.87. The molecular formula is C18H23N3O4. The topological polar surface area (TPSA) is 105 Å². The number of aryl methyl sites for hydroxylation is 1. The number of aromatic nitrogens is 3. The molecule has 0 amide bonds. The van der Waals surface area contributed by atoms with Gasteiger partial charge in [-0.15, -0.1) is 10.2 Å². The number of aliphatic hydroxyl groups is 1. The third-order valence-corrected chi connectivity index (χ3v) is 4.98. The first kappa shape index (κ1) is 17.4. The molecule has 0 spiro atoms. The Morgan fingerprint density at radius 3 is 2.64 bits per heavy atom. The van der Waals surface area contributed by atoms with Crippen LogP contribution < -0.4 is 10.6 Å². The van der Waals surface area contributed by atoms with Gasteiger partial charge in [-0.1, -0.05) is 32.1 Å². The number of aliphatic hydroxyl groups excluding tert-OH is 1. The van der Waals surface area contributed by atoms with E-state index in [0.29, 0.717) is 5.65 Å². The number of carbonyl (C=O) groups is 1. The van der Waals surface area contributed by atoms with E-state index in [0.717, 1.165) is 24.6 Å². The molecule has 134 valence electrons. The van der Waals surface area contributed by atoms with Gasteiger partial charge < -0.3 is 10.2 Å². The molecule has 25 heavy (non-hydrogen) atoms. The zero-order chi connectivity index (χ0) is 17.8. The van der Waals surface area contributed by atoms with Gasteiger partial charge in [0.15, 0.2) is 11.1 Å². The highest BCUT2D eigenvalue weighted by Crippen LogP contribution is 2.27. The Bertz CT molecular complexity index is 868. The van der Waals surface area contributed by atoms with Crippen LogP contribution >= 0.6 is 0 Å². The van der Waals surface area contributed by atoms with Gasteiger partial charge in [-0.3, -0.25) is 14.0 Å². The van der Waals surface area contributed by atoms with Crippen molar-refractivity contribution >= 4 is 17.4 Å². The summed E-state index contributed by atoms with van der Waals surface area (Å²) >= 11 is 0. The van der Waals surface area contributed by atoms with Crippen molar-refractivity contribution in [2.75, 3.05) is 0 Å². The van der Waals surface area contributed by atoms with Crippen LogP contribution in [-0.2, 0) is 11.2 Å². The second-order valence-corrected chi connectivity index (χ2v) is 6.75. The summed E-state index contributed by atoms with van der Waals surface area (Å²) in [7, 11) is 0. The molecule has 1 saturated carbocycles. The Hall–Kier alpha value is -2.44. The Morgan fingerprint density at radius 2 is 1.92 bits per heavy atom. The summed E-state index contributed by atoms with van der Waals surface area (Å²) < 4.78 is 1.73. The minimum Gasteiger partial charge on any atom is -0.511 e. The fraction of sp³-hybridized carbons (Fsp3) is 0.556. The lowest BCUT2D eigenvalue weighted by Gasteiger charge is -2.20. The zero-order valence-electron chi connectivity index (χ0n) is 14.1. The van der Waals surface area contributed by atoms with Gasteiger partial charge in [0.25, 0.3) is 0 Å². The summed E-state index contributed by atoms with van der Waals surface area (Å²) in [6.07, 6.45) is 9.54. The van der Waals surface area contributed by atoms with Crippen molar-refractivity contribution in [3.05, 3.63) is 33.5 Å². The Morgan fingerprint density at radius 1 is 1.16 bits per heavy atom. The Balaban J connectivity index is 1.88. The second-order valence-electron chi connectivity index (χ2n) is 6.75. The van der Waals surface area contributed by atoms with Crippen molar-refractivity contribution < 1.29 is 15.0 Å². The van der Waals surface area contributed by atoms with E-state index in [9.17, 15) is 14.7 Å². The number of fused-ring (bicyclic) bond motifs is 1. The van der Waals surface area contributed by atoms with Crippen LogP contribution in [0.3, 0.4) is 0 Å². The zero-order valence-corrected chi connectivity index (χ0v) is 14.1. The first-order valence-corrected chi connectivity index (χ1v) is 8.87. The maximum atomic E-state index is 12.1. The molecule has 1 aliphatic rings. The van der Waals surface area contributed by atoms with Crippen LogP contribution in [0.5, 0.6) is 0 Å². The van der Waals surface area contributed by atoms with E-state index in [4.69, 9.17) is 5.11 Å². The highest BCUT2D eigenvalue weighted by atomic mass is 16.4. The quantitative estimate of drug-likeness (QED) is 0.828. The van der Waals surface area contributed by atoms with Crippen LogP contribution in [0, 0.1) is 5.92 Å². The summed E-state index contributed by atoms with van der Waals surface area (Å²) in [6, 6.07) is 1.37. The van der Waals surface area contributed by atoms with E-state index < -0.39 is 5.97 Å². The van der Waals surface area contributed by atoms with E-state index in [1.165, 1.54) is 38.2 Å². The number of hydrogen-bond donors (Lipinski definition) is 2. The fourth-order valence-corrected chi connectivity index (χ4v) is 3.59. The summed E-state index contributed by atoms with van der Waals surface area (Å²) in [5.74, 6) is 0.215. The SMILES string of the molecule is O=C(O)CC/C(O)=c1\c(=O)ccn2c(CCC3CCCCC3)nnc12. The maximum absolute atomic E-state index is 12.1. The van der Waals surface area contributed by atoms with Crippen molar-refractivity contribution in [1.82, 2.24) is 14.6 Å². The molecular weight excluding hydrogens is 322 g/mol. The van der Waals surface area contributed by atoms with Crippen molar-refractivity contribution in [2.24, 2.45) is 5.92 Å². The molecule has 0 aliphatic heterocycles. The van der Waals surface area contributed by atoms with Crippen LogP contribution in [0.4, 0.5) is 0 Å². The number of rotatable bonds is 6. The fourth-order valence-electron chi connectivity index (χ4n) is 3.59. The lowest BCUT2D eigenvalue weighted by molar-refractivity contribution is -0.136. The van der Waals surface area contributed by atoms with Crippen LogP contribution in [0.25, 0.3) is 11.4 Å². The van der Waals surface area contributed by atoms with E-state index >= 15 is 0 Å². The average molecular weight is 345 g/mol. The van der Waals surface area contributed by atoms with Crippen LogP contribution in [0.15, 0.2) is 17.1 Å². The lowest BCUT2D eigenvalue weighted by Crippen LogP contribution is -2.29. The predicted molar refractivity (Wildman–Crippen MR) is 92.3 cm³/mol. The molecule has 0 atom stereocenters. The highest BCUT2D eigenvalue weighted by Gasteiger charge is 2.16. The first-order chi connectivity index (χ1) is 12.1. The molecule has 2 aromatic rings. The number of carboxylic acids is 1. The van der Waals surface area contributed by atoms with Gasteiger partial charge in [0.05, 0.1) is 6.42 Å². The average Bonchev–Trinajstić information content (AvgIpc) is 3.01. The van der Waals surface area contributed by atoms with E-state index in [1.807, 2.05) is 0 Å². The molecule has 2 heterocycles. The smallest absolute Gasteiger partial charge is 0.303 e. The van der Waals surface area contributed by atoms with Crippen LogP contribution in [0.2, 0.25) is 0 Å². The summed E-state index contributed by atoms with van der Waals surface area (Å²) in [6.45, 7) is 0. The highest BCUT2D eigenvalue weighted by molar-refractivity contribution is 5.68. The van der Waals surface area contributed by atoms with Crippen molar-refractivity contribution in [3.63, 3.8) is 0 Å². The molecule has 0 saturated heterocycles. The van der Waals surface area contributed by atoms with E-state index in [-0.39, 0.29) is 29.2 Å². The minimum atomic E-state index is -1.03. The third kappa shape index (κ3) is 3.97. The lowest BCUT2D eigenvalue weighted by atomic mass is 9.86. The van der Waals surface area contributed by atoms with Gasteiger partial charge in [-0.25, -0.2) is 0 Å². The largest absolute Gasteiger partial charge is 0.511 e. The van der Waals surface area contributed by atoms with Gasteiger partial charge in [0.2, 0.25) is 0 Å². The van der Waals surface area contributed by atoms with Gasteiger partial charge in [-0.05, 0) is 12.3 Å². The van der Waals surface area contributed by atoms with Crippen molar-refractivity contribution in [1.29, 1.82) is 0 Å². The molecule has 7 nitrogen and oxygen atoms in total. The van der Waals surface area contributed by atoms with E-state index in [1.54, 1.807) is 10.6 Å². The molecule has 0 unspecified atom stereocenters. The Kier molecular flexibility index (Phi) is 5.31. The summed E-state index contributed by atoms with van der Waals surface area (Å²) in [5, 5.41) is 27.2. The number of pyridine rings is 1. The van der Waals surface area contributed by atoms with Gasteiger partial charge >= 0.3 is 5.97 Å². The molecule has 2 N–H and O–H groups in total. The predicted octanol–water partition coefficient (Wildman–Crippen LogP) is 1.85. The number of carboxylic acid groups (broad SMARTS) is 1.